The van der Waals surface area contributed by atoms with Crippen LogP contribution in [0.3, 0.4) is 0 Å². The van der Waals surface area contributed by atoms with Gasteiger partial charge in [-0.05, 0) is 6.42 Å². The maximum atomic E-state index is 11.1. The van der Waals surface area contributed by atoms with Gasteiger partial charge in [0, 0.05) is 6.42 Å². The third-order valence-corrected chi connectivity index (χ3v) is 2.31. The number of quaternary nitrogens is 1. The van der Waals surface area contributed by atoms with Gasteiger partial charge in [-0.15, -0.1) is 0 Å². The van der Waals surface area contributed by atoms with Crippen LogP contribution in [-0.2, 0) is 4.79 Å². The summed E-state index contributed by atoms with van der Waals surface area (Å²) >= 11 is 1.05. The van der Waals surface area contributed by atoms with E-state index in [4.69, 9.17) is 0 Å². The van der Waals surface area contributed by atoms with Gasteiger partial charge in [0.1, 0.15) is 6.54 Å². The van der Waals surface area contributed by atoms with Crippen molar-refractivity contribution < 1.29 is 26.8 Å². The summed E-state index contributed by atoms with van der Waals surface area (Å²) in [5, 5.41) is 9.59. The minimum absolute atomic E-state index is 0. The molecular formula is C9H20ClNO2S. The number of carbonyl (C=O) groups excluding carboxylic acids is 1. The van der Waals surface area contributed by atoms with Gasteiger partial charge in [-0.3, -0.25) is 4.79 Å². The molecule has 5 heteroatoms. The van der Waals surface area contributed by atoms with Crippen LogP contribution in [0.15, 0.2) is 0 Å². The molecule has 0 aromatic rings. The van der Waals surface area contributed by atoms with Crippen molar-refractivity contribution in [3.05, 3.63) is 0 Å². The van der Waals surface area contributed by atoms with E-state index in [1.165, 1.54) is 0 Å². The number of carbonyl (C=O) groups is 1. The van der Waals surface area contributed by atoms with Gasteiger partial charge in [0.15, 0.2) is 10.6 Å². The number of halogens is 1. The van der Waals surface area contributed by atoms with Gasteiger partial charge < -0.3 is 22.0 Å². The molecule has 0 aromatic heterocycles. The zero-order valence-electron chi connectivity index (χ0n) is 9.29. The highest BCUT2D eigenvalue weighted by Crippen LogP contribution is 2.14. The number of aliphatic hydroxyl groups excluding tert-OH is 1. The van der Waals surface area contributed by atoms with Gasteiger partial charge in [0.25, 0.3) is 0 Å². The van der Waals surface area contributed by atoms with E-state index >= 15 is 0 Å². The molecule has 1 N–H and O–H groups in total. The first-order valence-corrected chi connectivity index (χ1v) is 5.41. The first kappa shape index (κ1) is 16.7. The van der Waals surface area contributed by atoms with E-state index in [-0.39, 0.29) is 17.5 Å². The number of likely N-dealkylation sites (N-methyl/N-ethyl adjacent to an activating group) is 1. The zero-order valence-corrected chi connectivity index (χ0v) is 10.9. The first-order valence-electron chi connectivity index (χ1n) is 4.53. The predicted molar refractivity (Wildman–Crippen MR) is 56.4 cm³/mol. The third kappa shape index (κ3) is 10.3. The number of aliphatic hydroxyl groups is 1. The van der Waals surface area contributed by atoms with Crippen molar-refractivity contribution in [2.75, 3.05) is 27.7 Å². The quantitative estimate of drug-likeness (QED) is 0.450. The smallest absolute Gasteiger partial charge is 0.191 e. The lowest BCUT2D eigenvalue weighted by Gasteiger charge is -2.25. The Hall–Kier alpha value is 0.230. The molecule has 0 bridgehead atoms. The second-order valence-electron chi connectivity index (χ2n) is 4.17. The van der Waals surface area contributed by atoms with Gasteiger partial charge in [-0.1, -0.05) is 18.7 Å². The summed E-state index contributed by atoms with van der Waals surface area (Å²) in [4.78, 5) is 11.1. The molecule has 3 nitrogen and oxygen atoms in total. The zero-order chi connectivity index (χ0) is 10.5. The van der Waals surface area contributed by atoms with Crippen LogP contribution in [0.1, 0.15) is 19.8 Å². The van der Waals surface area contributed by atoms with Crippen molar-refractivity contribution in [2.45, 2.75) is 25.2 Å². The van der Waals surface area contributed by atoms with E-state index in [0.717, 1.165) is 18.2 Å². The fraction of sp³-hybridized carbons (Fsp3) is 0.889. The standard InChI is InChI=1S/C9H20NO2S.ClH/c1-5-6-8(11)13-9(12)7-10(2,3)4;/h9,12H,5-7H2,1-4H3;1H/q+1;/p-1. The maximum Gasteiger partial charge on any atom is 0.191 e. The van der Waals surface area contributed by atoms with Gasteiger partial charge >= 0.3 is 0 Å². The van der Waals surface area contributed by atoms with E-state index < -0.39 is 5.44 Å². The van der Waals surface area contributed by atoms with Crippen molar-refractivity contribution in [1.82, 2.24) is 0 Å². The fourth-order valence-electron chi connectivity index (χ4n) is 0.921. The minimum Gasteiger partial charge on any atom is -1.00 e. The van der Waals surface area contributed by atoms with Crippen LogP contribution in [0.2, 0.25) is 0 Å². The summed E-state index contributed by atoms with van der Waals surface area (Å²) in [5.41, 5.74) is -0.570. The Kier molecular flexibility index (Phi) is 8.94. The predicted octanol–water partition coefficient (Wildman–Crippen LogP) is -1.93. The molecule has 0 radical (unpaired) electrons. The Labute approximate surface area is 96.9 Å². The highest BCUT2D eigenvalue weighted by Gasteiger charge is 2.18. The molecule has 0 aliphatic heterocycles. The minimum atomic E-state index is -0.570. The fourth-order valence-corrected chi connectivity index (χ4v) is 2.07. The third-order valence-electron chi connectivity index (χ3n) is 1.43. The summed E-state index contributed by atoms with van der Waals surface area (Å²) in [7, 11) is 5.98. The molecule has 0 amide bonds. The summed E-state index contributed by atoms with van der Waals surface area (Å²) in [6, 6.07) is 0. The van der Waals surface area contributed by atoms with Crippen LogP contribution in [0.5, 0.6) is 0 Å². The molecule has 0 saturated carbocycles. The molecule has 1 unspecified atom stereocenters. The summed E-state index contributed by atoms with van der Waals surface area (Å²) in [6.07, 6.45) is 1.40. The highest BCUT2D eigenvalue weighted by molar-refractivity contribution is 8.14. The number of hydrogen-bond acceptors (Lipinski definition) is 3. The van der Waals surface area contributed by atoms with E-state index in [0.29, 0.717) is 17.4 Å². The SMILES string of the molecule is CCCC(=O)SC(O)C[N+](C)(C)C.[Cl-]. The van der Waals surface area contributed by atoms with Crippen LogP contribution >= 0.6 is 11.8 Å². The number of hydrogen-bond donors (Lipinski definition) is 1. The molecule has 0 heterocycles. The van der Waals surface area contributed by atoms with Crippen molar-refractivity contribution in [3.63, 3.8) is 0 Å². The van der Waals surface area contributed by atoms with Gasteiger partial charge in [-0.25, -0.2) is 0 Å². The lowest BCUT2D eigenvalue weighted by atomic mass is 10.4. The van der Waals surface area contributed by atoms with Gasteiger partial charge in [0.2, 0.25) is 0 Å². The molecular weight excluding hydrogens is 222 g/mol. The molecule has 0 aliphatic rings. The lowest BCUT2D eigenvalue weighted by Crippen LogP contribution is -3.00. The maximum absolute atomic E-state index is 11.1. The highest BCUT2D eigenvalue weighted by atomic mass is 35.5. The van der Waals surface area contributed by atoms with Gasteiger partial charge in [0.05, 0.1) is 21.1 Å². The molecule has 0 spiro atoms. The largest absolute Gasteiger partial charge is 1.00 e. The van der Waals surface area contributed by atoms with E-state index in [1.807, 2.05) is 28.1 Å². The lowest BCUT2D eigenvalue weighted by molar-refractivity contribution is -0.871. The molecule has 0 saturated heterocycles. The average molecular weight is 242 g/mol. The number of nitrogens with zero attached hydrogens (tertiary/aromatic N) is 1. The Balaban J connectivity index is 0. The molecule has 0 aromatic carbocycles. The van der Waals surface area contributed by atoms with Crippen LogP contribution in [0.25, 0.3) is 0 Å². The monoisotopic (exact) mass is 241 g/mol. The van der Waals surface area contributed by atoms with E-state index in [9.17, 15) is 9.90 Å². The van der Waals surface area contributed by atoms with Crippen LogP contribution in [-0.4, -0.2) is 47.8 Å². The van der Waals surface area contributed by atoms with Crippen molar-refractivity contribution in [1.29, 1.82) is 0 Å². The van der Waals surface area contributed by atoms with Crippen molar-refractivity contribution in [2.24, 2.45) is 0 Å². The van der Waals surface area contributed by atoms with E-state index in [2.05, 4.69) is 0 Å². The molecule has 0 fully saturated rings. The first-order chi connectivity index (χ1) is 5.85. The topological polar surface area (TPSA) is 37.3 Å². The molecule has 86 valence electrons. The molecule has 0 aliphatic carbocycles. The summed E-state index contributed by atoms with van der Waals surface area (Å²) < 4.78 is 0.674. The second-order valence-corrected chi connectivity index (χ2v) is 5.40. The Morgan fingerprint density at radius 1 is 1.43 bits per heavy atom. The van der Waals surface area contributed by atoms with Crippen LogP contribution in [0.4, 0.5) is 0 Å². The normalized spacial score (nSPS) is 13.2. The van der Waals surface area contributed by atoms with Gasteiger partial charge in [-0.2, -0.15) is 0 Å². The Bertz CT molecular complexity index is 171. The average Bonchev–Trinajstić information content (AvgIpc) is 1.81. The van der Waals surface area contributed by atoms with Crippen LogP contribution in [0, 0.1) is 0 Å². The van der Waals surface area contributed by atoms with Crippen LogP contribution < -0.4 is 12.4 Å². The Morgan fingerprint density at radius 2 is 1.93 bits per heavy atom. The summed E-state index contributed by atoms with van der Waals surface area (Å²) in [5.74, 6) is 0. The van der Waals surface area contributed by atoms with Crippen molar-refractivity contribution >= 4 is 16.9 Å². The van der Waals surface area contributed by atoms with Crippen molar-refractivity contribution in [3.8, 4) is 0 Å². The molecule has 0 rings (SSSR count). The van der Waals surface area contributed by atoms with E-state index in [1.54, 1.807) is 0 Å². The Morgan fingerprint density at radius 3 is 2.29 bits per heavy atom. The summed E-state index contributed by atoms with van der Waals surface area (Å²) in [6.45, 7) is 2.56. The number of thioether (sulfide) groups is 1. The number of rotatable bonds is 5. The molecule has 1 atom stereocenters. The molecule has 14 heavy (non-hydrogen) atoms. The second kappa shape index (κ2) is 7.51.